The molecule has 10 nitrogen and oxygen atoms in total. The van der Waals surface area contributed by atoms with Gasteiger partial charge in [0.1, 0.15) is 5.69 Å². The SMILES string of the molecule is Cn1cc(-c2cn3nccc3c(-c3cn(C4(CC#N)CC(OCc5ccccc5)C4)nc3N)n2)cn1. The van der Waals surface area contributed by atoms with Crippen LogP contribution in [0.15, 0.2) is 67.4 Å². The van der Waals surface area contributed by atoms with Crippen LogP contribution in [0.3, 0.4) is 0 Å². The summed E-state index contributed by atoms with van der Waals surface area (Å²) in [7, 11) is 1.86. The van der Waals surface area contributed by atoms with Gasteiger partial charge >= 0.3 is 0 Å². The highest BCUT2D eigenvalue weighted by atomic mass is 16.5. The summed E-state index contributed by atoms with van der Waals surface area (Å²) in [5.41, 5.74) is 10.9. The van der Waals surface area contributed by atoms with E-state index in [0.29, 0.717) is 42.9 Å². The maximum absolute atomic E-state index is 9.60. The molecule has 0 spiro atoms. The molecule has 4 heterocycles. The van der Waals surface area contributed by atoms with Gasteiger partial charge in [-0.1, -0.05) is 30.3 Å². The summed E-state index contributed by atoms with van der Waals surface area (Å²) in [6.07, 6.45) is 10.9. The maximum Gasteiger partial charge on any atom is 0.155 e. The number of fused-ring (bicyclic) bond motifs is 1. The Kier molecular flexibility index (Phi) is 5.27. The molecule has 0 aliphatic heterocycles. The van der Waals surface area contributed by atoms with Gasteiger partial charge in [-0.2, -0.15) is 20.6 Å². The maximum atomic E-state index is 9.60. The highest BCUT2D eigenvalue weighted by Gasteiger charge is 2.47. The number of hydrogen-bond acceptors (Lipinski definition) is 7. The average Bonchev–Trinajstić information content (AvgIpc) is 3.60. The molecule has 0 atom stereocenters. The molecule has 0 bridgehead atoms. The summed E-state index contributed by atoms with van der Waals surface area (Å²) >= 11 is 0. The van der Waals surface area contributed by atoms with Gasteiger partial charge < -0.3 is 10.5 Å². The van der Waals surface area contributed by atoms with Crippen LogP contribution < -0.4 is 5.73 Å². The Hall–Kier alpha value is -4.49. The van der Waals surface area contributed by atoms with Crippen LogP contribution in [0, 0.1) is 11.3 Å². The molecule has 5 aromatic rings. The Morgan fingerprint density at radius 2 is 1.97 bits per heavy atom. The first kappa shape index (κ1) is 22.0. The normalized spacial score (nSPS) is 19.3. The minimum Gasteiger partial charge on any atom is -0.382 e. The second kappa shape index (κ2) is 8.62. The van der Waals surface area contributed by atoms with Gasteiger partial charge in [-0.3, -0.25) is 9.36 Å². The predicted molar refractivity (Wildman–Crippen MR) is 133 cm³/mol. The fraction of sp³-hybridized carbons (Fsp3) is 0.269. The number of nitrogens with two attached hydrogens (primary N) is 1. The Bertz CT molecular complexity index is 1570. The van der Waals surface area contributed by atoms with E-state index < -0.39 is 5.54 Å². The van der Waals surface area contributed by atoms with Crippen molar-refractivity contribution in [1.82, 2.24) is 34.2 Å². The number of nitriles is 1. The van der Waals surface area contributed by atoms with Crippen LogP contribution in [0.1, 0.15) is 24.8 Å². The van der Waals surface area contributed by atoms with E-state index in [0.717, 1.165) is 22.3 Å². The number of hydrogen-bond donors (Lipinski definition) is 1. The van der Waals surface area contributed by atoms with Gasteiger partial charge in [-0.05, 0) is 11.6 Å². The Balaban J connectivity index is 1.31. The number of nitrogens with zero attached hydrogens (tertiary/aromatic N) is 8. The molecule has 0 unspecified atom stereocenters. The van der Waals surface area contributed by atoms with Crippen molar-refractivity contribution in [3.63, 3.8) is 0 Å². The first-order valence-corrected chi connectivity index (χ1v) is 11.8. The van der Waals surface area contributed by atoms with E-state index in [9.17, 15) is 5.26 Å². The summed E-state index contributed by atoms with van der Waals surface area (Å²) in [6.45, 7) is 0.547. The van der Waals surface area contributed by atoms with Crippen molar-refractivity contribution >= 4 is 11.3 Å². The molecule has 10 heteroatoms. The third kappa shape index (κ3) is 3.79. The fourth-order valence-electron chi connectivity index (χ4n) is 4.88. The minimum absolute atomic E-state index is 0.0565. The zero-order chi connectivity index (χ0) is 24.7. The zero-order valence-corrected chi connectivity index (χ0v) is 19.8. The number of aryl methyl sites for hydroxylation is 1. The fourth-order valence-corrected chi connectivity index (χ4v) is 4.88. The molecule has 0 radical (unpaired) electrons. The standard InChI is InChI=1S/C26H25N9O/c1-33-14-19(13-30-33)22-16-34-23(7-10-29-34)24(31-22)21-15-35(32-25(21)28)26(8-9-27)11-20(12-26)36-17-18-5-3-2-4-6-18/h2-7,10,13-16,20H,8,11-12,17H2,1H3,(H2,28,32). The van der Waals surface area contributed by atoms with E-state index in [1.807, 2.05) is 66.7 Å². The molecule has 180 valence electrons. The van der Waals surface area contributed by atoms with E-state index in [-0.39, 0.29) is 6.10 Å². The van der Waals surface area contributed by atoms with Crippen molar-refractivity contribution in [2.75, 3.05) is 5.73 Å². The van der Waals surface area contributed by atoms with Crippen molar-refractivity contribution < 1.29 is 4.74 Å². The topological polar surface area (TPSA) is 125 Å². The number of rotatable bonds is 7. The molecule has 0 saturated heterocycles. The molecule has 36 heavy (non-hydrogen) atoms. The quantitative estimate of drug-likeness (QED) is 0.378. The molecular weight excluding hydrogens is 454 g/mol. The molecule has 1 aliphatic rings. The number of aromatic nitrogens is 7. The number of ether oxygens (including phenoxy) is 1. The average molecular weight is 480 g/mol. The second-order valence-electron chi connectivity index (χ2n) is 9.30. The molecular formula is C26H25N9O. The first-order chi connectivity index (χ1) is 17.5. The monoisotopic (exact) mass is 479 g/mol. The van der Waals surface area contributed by atoms with E-state index in [1.54, 1.807) is 21.6 Å². The van der Waals surface area contributed by atoms with Gasteiger partial charge in [0, 0.05) is 37.8 Å². The van der Waals surface area contributed by atoms with Gasteiger partial charge in [0.2, 0.25) is 0 Å². The lowest BCUT2D eigenvalue weighted by Gasteiger charge is -2.46. The van der Waals surface area contributed by atoms with Crippen LogP contribution in [-0.2, 0) is 23.9 Å². The van der Waals surface area contributed by atoms with E-state index in [2.05, 4.69) is 21.4 Å². The Morgan fingerprint density at radius 3 is 2.72 bits per heavy atom. The molecule has 0 amide bonds. The summed E-state index contributed by atoms with van der Waals surface area (Å²) in [5.74, 6) is 0.361. The molecule has 1 aliphatic carbocycles. The van der Waals surface area contributed by atoms with Crippen LogP contribution in [-0.4, -0.2) is 40.3 Å². The highest BCUT2D eigenvalue weighted by molar-refractivity contribution is 5.83. The molecule has 4 aromatic heterocycles. The van der Waals surface area contributed by atoms with Crippen molar-refractivity contribution in [3.05, 3.63) is 72.9 Å². The van der Waals surface area contributed by atoms with Crippen LogP contribution in [0.4, 0.5) is 5.82 Å². The van der Waals surface area contributed by atoms with Gasteiger partial charge in [0.25, 0.3) is 0 Å². The number of nitrogen functional groups attached to an aromatic ring is 1. The summed E-state index contributed by atoms with van der Waals surface area (Å²) in [5, 5.41) is 22.9. The predicted octanol–water partition coefficient (Wildman–Crippen LogP) is 3.56. The largest absolute Gasteiger partial charge is 0.382 e. The van der Waals surface area contributed by atoms with Crippen molar-refractivity contribution in [2.24, 2.45) is 7.05 Å². The number of benzene rings is 1. The lowest BCUT2D eigenvalue weighted by molar-refractivity contribution is -0.0837. The van der Waals surface area contributed by atoms with E-state index >= 15 is 0 Å². The second-order valence-corrected chi connectivity index (χ2v) is 9.30. The molecule has 1 saturated carbocycles. The third-order valence-electron chi connectivity index (χ3n) is 6.83. The number of anilines is 1. The summed E-state index contributed by atoms with van der Waals surface area (Å²) in [6, 6.07) is 14.3. The first-order valence-electron chi connectivity index (χ1n) is 11.8. The summed E-state index contributed by atoms with van der Waals surface area (Å²) < 4.78 is 11.5. The molecule has 2 N–H and O–H groups in total. The summed E-state index contributed by atoms with van der Waals surface area (Å²) in [4.78, 5) is 4.91. The van der Waals surface area contributed by atoms with Crippen molar-refractivity contribution in [2.45, 2.75) is 37.5 Å². The Morgan fingerprint density at radius 1 is 1.14 bits per heavy atom. The van der Waals surface area contributed by atoms with Crippen LogP contribution in [0.25, 0.3) is 28.0 Å². The van der Waals surface area contributed by atoms with Gasteiger partial charge in [0.15, 0.2) is 5.82 Å². The van der Waals surface area contributed by atoms with Crippen LogP contribution in [0.2, 0.25) is 0 Å². The van der Waals surface area contributed by atoms with Gasteiger partial charge in [-0.15, -0.1) is 0 Å². The smallest absolute Gasteiger partial charge is 0.155 e. The van der Waals surface area contributed by atoms with Crippen LogP contribution in [0.5, 0.6) is 0 Å². The lowest BCUT2D eigenvalue weighted by Crippen LogP contribution is -2.50. The van der Waals surface area contributed by atoms with E-state index in [1.165, 1.54) is 0 Å². The van der Waals surface area contributed by atoms with Gasteiger partial charge in [0.05, 0.1) is 66.1 Å². The molecule has 1 aromatic carbocycles. The van der Waals surface area contributed by atoms with Crippen molar-refractivity contribution in [3.8, 4) is 28.6 Å². The molecule has 6 rings (SSSR count). The minimum atomic E-state index is -0.458. The zero-order valence-electron chi connectivity index (χ0n) is 19.8. The Labute approximate surface area is 207 Å². The third-order valence-corrected chi connectivity index (χ3v) is 6.83. The molecule has 1 fully saturated rings. The van der Waals surface area contributed by atoms with Crippen molar-refractivity contribution in [1.29, 1.82) is 5.26 Å². The van der Waals surface area contributed by atoms with Crippen LogP contribution >= 0.6 is 0 Å². The van der Waals surface area contributed by atoms with E-state index in [4.69, 9.17) is 15.5 Å². The van der Waals surface area contributed by atoms with Gasteiger partial charge in [-0.25, -0.2) is 9.50 Å². The highest BCUT2D eigenvalue weighted by Crippen LogP contribution is 2.45. The lowest BCUT2D eigenvalue weighted by atomic mass is 9.72.